The summed E-state index contributed by atoms with van der Waals surface area (Å²) in [5.74, 6) is 0.0749. The van der Waals surface area contributed by atoms with Crippen molar-refractivity contribution < 1.29 is 9.72 Å². The Hall–Kier alpha value is -2.23. The molecule has 0 atom stereocenters. The normalized spacial score (nSPS) is 17.7. The fraction of sp³-hybridized carbons (Fsp3) is 0.214. The second kappa shape index (κ2) is 4.56. The predicted molar refractivity (Wildman–Crippen MR) is 69.1 cm³/mol. The summed E-state index contributed by atoms with van der Waals surface area (Å²) in [6.45, 7) is 3.78. The van der Waals surface area contributed by atoms with Gasteiger partial charge in [0.05, 0.1) is 4.92 Å². The Bertz CT molecular complexity index is 580. The van der Waals surface area contributed by atoms with Gasteiger partial charge in [-0.1, -0.05) is 5.57 Å². The highest BCUT2D eigenvalue weighted by atomic mass is 16.6. The summed E-state index contributed by atoms with van der Waals surface area (Å²) >= 11 is 0. The van der Waals surface area contributed by atoms with Crippen LogP contribution in [-0.4, -0.2) is 10.7 Å². The lowest BCUT2D eigenvalue weighted by molar-refractivity contribution is -0.384. The monoisotopic (exact) mass is 243 g/mol. The first-order chi connectivity index (χ1) is 8.49. The summed E-state index contributed by atoms with van der Waals surface area (Å²) in [7, 11) is 0. The molecule has 0 aromatic heterocycles. The average molecular weight is 243 g/mol. The van der Waals surface area contributed by atoms with Gasteiger partial charge >= 0.3 is 0 Å². The van der Waals surface area contributed by atoms with Gasteiger partial charge in [-0.15, -0.1) is 0 Å². The number of Topliss-reactive ketones (excluding diaryl/α,β-unsaturated/α-hetero) is 1. The zero-order chi connectivity index (χ0) is 13.3. The topological polar surface area (TPSA) is 60.2 Å². The summed E-state index contributed by atoms with van der Waals surface area (Å²) in [6, 6.07) is 6.20. The van der Waals surface area contributed by atoms with E-state index in [0.717, 1.165) is 22.3 Å². The highest BCUT2D eigenvalue weighted by molar-refractivity contribution is 6.13. The van der Waals surface area contributed by atoms with Crippen LogP contribution < -0.4 is 0 Å². The number of nitro benzene ring substituents is 1. The molecule has 18 heavy (non-hydrogen) atoms. The summed E-state index contributed by atoms with van der Waals surface area (Å²) in [5, 5.41) is 10.5. The number of non-ortho nitro benzene ring substituents is 1. The Morgan fingerprint density at radius 3 is 2.28 bits per heavy atom. The smallest absolute Gasteiger partial charge is 0.269 e. The number of carbonyl (C=O) groups excluding carboxylic acids is 1. The standard InChI is InChI=1S/C14H13NO3/c1-9-7-12(14(16)10(9)2)8-11-3-5-13(6-4-11)15(17)18/h3-6,8H,7H2,1-2H3/b12-8+. The largest absolute Gasteiger partial charge is 0.289 e. The van der Waals surface area contributed by atoms with E-state index >= 15 is 0 Å². The van der Waals surface area contributed by atoms with E-state index in [1.54, 1.807) is 18.2 Å². The molecule has 4 nitrogen and oxygen atoms in total. The molecule has 92 valence electrons. The van der Waals surface area contributed by atoms with E-state index in [1.807, 2.05) is 13.8 Å². The predicted octanol–water partition coefficient (Wildman–Crippen LogP) is 3.29. The third-order valence-electron chi connectivity index (χ3n) is 3.17. The summed E-state index contributed by atoms with van der Waals surface area (Å²) < 4.78 is 0. The van der Waals surface area contributed by atoms with Gasteiger partial charge < -0.3 is 0 Å². The molecule has 0 N–H and O–H groups in total. The SMILES string of the molecule is CC1=C(C)C(=O)/C(=C/c2ccc([N+](=O)[O-])cc2)C1. The third kappa shape index (κ3) is 2.22. The molecule has 2 rings (SSSR count). The van der Waals surface area contributed by atoms with Gasteiger partial charge in [0.15, 0.2) is 5.78 Å². The molecule has 0 radical (unpaired) electrons. The van der Waals surface area contributed by atoms with Crippen LogP contribution in [0, 0.1) is 10.1 Å². The van der Waals surface area contributed by atoms with Crippen molar-refractivity contribution in [1.82, 2.24) is 0 Å². The van der Waals surface area contributed by atoms with Gasteiger partial charge in [0.2, 0.25) is 0 Å². The molecule has 0 unspecified atom stereocenters. The second-order valence-electron chi connectivity index (χ2n) is 4.43. The fourth-order valence-corrected chi connectivity index (χ4v) is 1.94. The van der Waals surface area contributed by atoms with Crippen LogP contribution in [0.15, 0.2) is 41.0 Å². The number of nitrogens with zero attached hydrogens (tertiary/aromatic N) is 1. The molecule has 1 aromatic carbocycles. The van der Waals surface area contributed by atoms with E-state index in [1.165, 1.54) is 12.1 Å². The molecule has 4 heteroatoms. The van der Waals surface area contributed by atoms with Gasteiger partial charge in [-0.05, 0) is 49.6 Å². The number of carbonyl (C=O) groups is 1. The van der Waals surface area contributed by atoms with Crippen LogP contribution in [0.3, 0.4) is 0 Å². The summed E-state index contributed by atoms with van der Waals surface area (Å²) in [5.41, 5.74) is 3.52. The van der Waals surface area contributed by atoms with E-state index in [2.05, 4.69) is 0 Å². The Labute approximate surface area is 105 Å². The molecule has 0 bridgehead atoms. The third-order valence-corrected chi connectivity index (χ3v) is 3.17. The van der Waals surface area contributed by atoms with Crippen molar-refractivity contribution in [3.63, 3.8) is 0 Å². The van der Waals surface area contributed by atoms with Gasteiger partial charge in [-0.2, -0.15) is 0 Å². The number of hydrogen-bond donors (Lipinski definition) is 0. The minimum Gasteiger partial charge on any atom is -0.289 e. The maximum Gasteiger partial charge on any atom is 0.269 e. The van der Waals surface area contributed by atoms with Crippen LogP contribution in [0.4, 0.5) is 5.69 Å². The van der Waals surface area contributed by atoms with Crippen molar-refractivity contribution in [1.29, 1.82) is 0 Å². The van der Waals surface area contributed by atoms with Crippen LogP contribution in [0.2, 0.25) is 0 Å². The van der Waals surface area contributed by atoms with Gasteiger partial charge in [-0.25, -0.2) is 0 Å². The molecule has 1 aliphatic carbocycles. The van der Waals surface area contributed by atoms with Crippen molar-refractivity contribution in [2.24, 2.45) is 0 Å². The van der Waals surface area contributed by atoms with Gasteiger partial charge in [0, 0.05) is 17.7 Å². The molecule has 0 fully saturated rings. The number of ketones is 1. The number of benzene rings is 1. The lowest BCUT2D eigenvalue weighted by atomic mass is 10.1. The van der Waals surface area contributed by atoms with Gasteiger partial charge in [-0.3, -0.25) is 14.9 Å². The minimum atomic E-state index is -0.437. The molecular weight excluding hydrogens is 230 g/mol. The van der Waals surface area contributed by atoms with Crippen molar-refractivity contribution in [3.05, 3.63) is 56.7 Å². The first-order valence-corrected chi connectivity index (χ1v) is 5.65. The van der Waals surface area contributed by atoms with E-state index in [4.69, 9.17) is 0 Å². The van der Waals surface area contributed by atoms with Crippen LogP contribution in [0.5, 0.6) is 0 Å². The molecular formula is C14H13NO3. The molecule has 1 aliphatic rings. The van der Waals surface area contributed by atoms with Crippen molar-refractivity contribution in [2.75, 3.05) is 0 Å². The van der Waals surface area contributed by atoms with Gasteiger partial charge in [0.25, 0.3) is 5.69 Å². The Morgan fingerprint density at radius 2 is 1.83 bits per heavy atom. The molecule has 0 aliphatic heterocycles. The number of hydrogen-bond acceptors (Lipinski definition) is 3. The van der Waals surface area contributed by atoms with Crippen LogP contribution in [0.25, 0.3) is 6.08 Å². The zero-order valence-corrected chi connectivity index (χ0v) is 10.3. The van der Waals surface area contributed by atoms with E-state index in [0.29, 0.717) is 6.42 Å². The van der Waals surface area contributed by atoms with Crippen molar-refractivity contribution in [2.45, 2.75) is 20.3 Å². The number of nitro groups is 1. The molecule has 0 spiro atoms. The molecule has 0 amide bonds. The zero-order valence-electron chi connectivity index (χ0n) is 10.3. The maximum atomic E-state index is 11.9. The minimum absolute atomic E-state index is 0.0559. The quantitative estimate of drug-likeness (QED) is 0.455. The van der Waals surface area contributed by atoms with E-state index < -0.39 is 4.92 Å². The van der Waals surface area contributed by atoms with Crippen LogP contribution in [0.1, 0.15) is 25.8 Å². The first-order valence-electron chi connectivity index (χ1n) is 5.65. The average Bonchev–Trinajstić information content (AvgIpc) is 2.58. The highest BCUT2D eigenvalue weighted by Gasteiger charge is 2.21. The lowest BCUT2D eigenvalue weighted by Gasteiger charge is -1.98. The van der Waals surface area contributed by atoms with Crippen molar-refractivity contribution in [3.8, 4) is 0 Å². The molecule has 1 aromatic rings. The summed E-state index contributed by atoms with van der Waals surface area (Å²) in [6.07, 6.45) is 2.47. The van der Waals surface area contributed by atoms with Crippen LogP contribution >= 0.6 is 0 Å². The Kier molecular flexibility index (Phi) is 3.10. The lowest BCUT2D eigenvalue weighted by Crippen LogP contribution is -1.96. The Balaban J connectivity index is 2.25. The Morgan fingerprint density at radius 1 is 1.22 bits per heavy atom. The van der Waals surface area contributed by atoms with Gasteiger partial charge in [0.1, 0.15) is 0 Å². The van der Waals surface area contributed by atoms with E-state index in [-0.39, 0.29) is 11.5 Å². The molecule has 0 saturated carbocycles. The molecule has 0 saturated heterocycles. The van der Waals surface area contributed by atoms with Crippen molar-refractivity contribution >= 4 is 17.5 Å². The fourth-order valence-electron chi connectivity index (χ4n) is 1.94. The number of allylic oxidation sites excluding steroid dienone is 3. The maximum absolute atomic E-state index is 11.9. The second-order valence-corrected chi connectivity index (χ2v) is 4.43. The highest BCUT2D eigenvalue weighted by Crippen LogP contribution is 2.28. The number of rotatable bonds is 2. The first kappa shape index (κ1) is 12.2. The molecule has 0 heterocycles. The van der Waals surface area contributed by atoms with Crippen LogP contribution in [-0.2, 0) is 4.79 Å². The van der Waals surface area contributed by atoms with E-state index in [9.17, 15) is 14.9 Å². The summed E-state index contributed by atoms with van der Waals surface area (Å²) in [4.78, 5) is 21.9.